The van der Waals surface area contributed by atoms with Crippen LogP contribution >= 0.6 is 23.1 Å². The van der Waals surface area contributed by atoms with Crippen LogP contribution in [0.5, 0.6) is 0 Å². The fraction of sp³-hybridized carbons (Fsp3) is 0.250. The van der Waals surface area contributed by atoms with Crippen LogP contribution in [-0.2, 0) is 11.2 Å². The summed E-state index contributed by atoms with van der Waals surface area (Å²) in [7, 11) is 0. The average molecular weight is 313 g/mol. The van der Waals surface area contributed by atoms with Gasteiger partial charge in [0.1, 0.15) is 5.82 Å². The van der Waals surface area contributed by atoms with Crippen LogP contribution in [0.3, 0.4) is 0 Å². The quantitative estimate of drug-likeness (QED) is 0.765. The van der Waals surface area contributed by atoms with Crippen LogP contribution in [0.4, 0.5) is 9.52 Å². The van der Waals surface area contributed by atoms with Gasteiger partial charge in [-0.1, -0.05) is 35.2 Å². The Morgan fingerprint density at radius 2 is 2.30 bits per heavy atom. The highest BCUT2D eigenvalue weighted by molar-refractivity contribution is 8.01. The van der Waals surface area contributed by atoms with Crippen LogP contribution in [0.2, 0.25) is 0 Å². The first-order chi connectivity index (χ1) is 9.63. The van der Waals surface area contributed by atoms with E-state index in [1.54, 1.807) is 6.07 Å². The van der Waals surface area contributed by atoms with E-state index in [1.807, 2.05) is 6.07 Å². The minimum absolute atomic E-state index is 0.0298. The lowest BCUT2D eigenvalue weighted by Crippen LogP contribution is -2.04. The Labute approximate surface area is 123 Å². The van der Waals surface area contributed by atoms with Crippen molar-refractivity contribution in [2.24, 2.45) is 0 Å². The molecule has 5 nitrogen and oxygen atoms in total. The van der Waals surface area contributed by atoms with Gasteiger partial charge in [-0.15, -0.1) is 10.2 Å². The number of thioether (sulfide) groups is 1. The largest absolute Gasteiger partial charge is 0.481 e. The number of nitrogens with zero attached hydrogens (tertiary/aromatic N) is 2. The van der Waals surface area contributed by atoms with Crippen molar-refractivity contribution in [2.75, 3.05) is 17.6 Å². The third-order valence-corrected chi connectivity index (χ3v) is 4.30. The van der Waals surface area contributed by atoms with Crippen molar-refractivity contribution in [1.29, 1.82) is 0 Å². The first-order valence-electron chi connectivity index (χ1n) is 5.80. The molecule has 8 heteroatoms. The molecule has 2 rings (SSSR count). The number of carboxylic acids is 1. The molecule has 2 N–H and O–H groups in total. The number of halogens is 1. The van der Waals surface area contributed by atoms with E-state index < -0.39 is 5.97 Å². The van der Waals surface area contributed by atoms with Gasteiger partial charge in [0.2, 0.25) is 5.13 Å². The minimum atomic E-state index is -0.884. The van der Waals surface area contributed by atoms with E-state index in [1.165, 1.54) is 23.5 Å². The van der Waals surface area contributed by atoms with Gasteiger partial charge in [-0.2, -0.15) is 0 Å². The molecule has 0 saturated heterocycles. The molecule has 0 atom stereocenters. The van der Waals surface area contributed by atoms with Crippen molar-refractivity contribution in [3.8, 4) is 0 Å². The Morgan fingerprint density at radius 3 is 3.05 bits per heavy atom. The number of aliphatic carboxylic acids is 1. The second kappa shape index (κ2) is 7.20. The molecule has 106 valence electrons. The number of hydrogen-bond donors (Lipinski definition) is 2. The zero-order valence-electron chi connectivity index (χ0n) is 10.4. The highest BCUT2D eigenvalue weighted by atomic mass is 32.2. The number of nitrogens with one attached hydrogen (secondary N) is 1. The smallest absolute Gasteiger partial charge is 0.313 e. The van der Waals surface area contributed by atoms with Gasteiger partial charge in [-0.3, -0.25) is 4.79 Å². The molecule has 0 spiro atoms. The normalized spacial score (nSPS) is 10.4. The van der Waals surface area contributed by atoms with Gasteiger partial charge in [0, 0.05) is 6.54 Å². The van der Waals surface area contributed by atoms with Gasteiger partial charge in [-0.25, -0.2) is 4.39 Å². The monoisotopic (exact) mass is 313 g/mol. The lowest BCUT2D eigenvalue weighted by atomic mass is 10.1. The Hall–Kier alpha value is -1.67. The second-order valence-corrected chi connectivity index (χ2v) is 6.06. The molecular weight excluding hydrogens is 301 g/mol. The molecular formula is C12H12FN3O2S2. The van der Waals surface area contributed by atoms with Crippen LogP contribution in [-0.4, -0.2) is 33.6 Å². The number of rotatable bonds is 7. The molecule has 20 heavy (non-hydrogen) atoms. The van der Waals surface area contributed by atoms with E-state index in [2.05, 4.69) is 15.5 Å². The molecule has 0 saturated carbocycles. The Bertz CT molecular complexity index is 592. The van der Waals surface area contributed by atoms with E-state index in [4.69, 9.17) is 5.11 Å². The number of hydrogen-bond acceptors (Lipinski definition) is 6. The SMILES string of the molecule is O=C(O)CSc1nnc(NCCc2cccc(F)c2)s1. The average Bonchev–Trinajstić information content (AvgIpc) is 2.84. The molecule has 1 aromatic carbocycles. The molecule has 0 radical (unpaired) electrons. The van der Waals surface area contributed by atoms with E-state index in [-0.39, 0.29) is 11.6 Å². The summed E-state index contributed by atoms with van der Waals surface area (Å²) in [6, 6.07) is 6.44. The van der Waals surface area contributed by atoms with Crippen LogP contribution < -0.4 is 5.32 Å². The summed E-state index contributed by atoms with van der Waals surface area (Å²) < 4.78 is 13.6. The number of aromatic nitrogens is 2. The van der Waals surface area contributed by atoms with E-state index in [0.29, 0.717) is 22.4 Å². The summed E-state index contributed by atoms with van der Waals surface area (Å²) in [5.41, 5.74) is 0.905. The lowest BCUT2D eigenvalue weighted by molar-refractivity contribution is -0.133. The second-order valence-electron chi connectivity index (χ2n) is 3.86. The van der Waals surface area contributed by atoms with E-state index in [0.717, 1.165) is 17.3 Å². The van der Waals surface area contributed by atoms with E-state index >= 15 is 0 Å². The highest BCUT2D eigenvalue weighted by Crippen LogP contribution is 2.25. The van der Waals surface area contributed by atoms with Crippen LogP contribution in [0.25, 0.3) is 0 Å². The minimum Gasteiger partial charge on any atom is -0.481 e. The number of anilines is 1. The Kier molecular flexibility index (Phi) is 5.31. The van der Waals surface area contributed by atoms with Crippen molar-refractivity contribution in [2.45, 2.75) is 10.8 Å². The van der Waals surface area contributed by atoms with Gasteiger partial charge in [0.15, 0.2) is 4.34 Å². The maximum absolute atomic E-state index is 13.0. The summed E-state index contributed by atoms with van der Waals surface area (Å²) in [6.07, 6.45) is 0.676. The van der Waals surface area contributed by atoms with Crippen molar-refractivity contribution in [3.63, 3.8) is 0 Å². The number of benzene rings is 1. The van der Waals surface area contributed by atoms with Crippen molar-refractivity contribution >= 4 is 34.2 Å². The van der Waals surface area contributed by atoms with Crippen molar-refractivity contribution in [1.82, 2.24) is 10.2 Å². The molecule has 1 aromatic heterocycles. The molecule has 0 aliphatic heterocycles. The molecule has 0 aliphatic carbocycles. The zero-order chi connectivity index (χ0) is 14.4. The van der Waals surface area contributed by atoms with Crippen molar-refractivity contribution in [3.05, 3.63) is 35.6 Å². The van der Waals surface area contributed by atoms with Gasteiger partial charge in [-0.05, 0) is 24.1 Å². The summed E-state index contributed by atoms with van der Waals surface area (Å²) >= 11 is 2.44. The van der Waals surface area contributed by atoms with E-state index in [9.17, 15) is 9.18 Å². The topological polar surface area (TPSA) is 75.1 Å². The number of carbonyl (C=O) groups is 1. The maximum atomic E-state index is 13.0. The molecule has 0 amide bonds. The molecule has 0 fully saturated rings. The fourth-order valence-electron chi connectivity index (χ4n) is 1.47. The van der Waals surface area contributed by atoms with Crippen LogP contribution in [0.15, 0.2) is 28.6 Å². The van der Waals surface area contributed by atoms with Crippen LogP contribution in [0, 0.1) is 5.82 Å². The summed E-state index contributed by atoms with van der Waals surface area (Å²) in [5.74, 6) is -1.16. The Balaban J connectivity index is 1.78. The summed E-state index contributed by atoms with van der Waals surface area (Å²) in [6.45, 7) is 0.613. The maximum Gasteiger partial charge on any atom is 0.313 e. The first kappa shape index (κ1) is 14.7. The van der Waals surface area contributed by atoms with Crippen LogP contribution in [0.1, 0.15) is 5.56 Å². The summed E-state index contributed by atoms with van der Waals surface area (Å²) in [5, 5.41) is 20.1. The predicted molar refractivity (Wildman–Crippen MR) is 76.9 cm³/mol. The fourth-order valence-corrected chi connectivity index (χ4v) is 2.97. The first-order valence-corrected chi connectivity index (χ1v) is 7.60. The standard InChI is InChI=1S/C12H12FN3O2S2/c13-9-3-1-2-8(6-9)4-5-14-11-15-16-12(20-11)19-7-10(17)18/h1-3,6H,4-5,7H2,(H,14,15)(H,17,18). The zero-order valence-corrected chi connectivity index (χ0v) is 12.0. The highest BCUT2D eigenvalue weighted by Gasteiger charge is 2.06. The molecule has 0 unspecified atom stereocenters. The number of carboxylic acid groups (broad SMARTS) is 1. The van der Waals surface area contributed by atoms with Crippen molar-refractivity contribution < 1.29 is 14.3 Å². The van der Waals surface area contributed by atoms with Gasteiger partial charge < -0.3 is 10.4 Å². The molecule has 1 heterocycles. The predicted octanol–water partition coefficient (Wildman–Crippen LogP) is 2.51. The van der Waals surface area contributed by atoms with Gasteiger partial charge >= 0.3 is 5.97 Å². The summed E-state index contributed by atoms with van der Waals surface area (Å²) in [4.78, 5) is 10.4. The van der Waals surface area contributed by atoms with Gasteiger partial charge in [0.25, 0.3) is 0 Å². The third-order valence-electron chi connectivity index (χ3n) is 2.30. The molecule has 0 aliphatic rings. The molecule has 2 aromatic rings. The van der Waals surface area contributed by atoms with Gasteiger partial charge in [0.05, 0.1) is 5.75 Å². The third kappa shape index (κ3) is 4.78. The molecule has 0 bridgehead atoms. The lowest BCUT2D eigenvalue weighted by Gasteiger charge is -2.02. The Morgan fingerprint density at radius 1 is 1.45 bits per heavy atom.